The van der Waals surface area contributed by atoms with Crippen LogP contribution in [0, 0.1) is 5.92 Å². The van der Waals surface area contributed by atoms with E-state index in [4.69, 9.17) is 11.6 Å². The molecule has 3 heteroatoms. The van der Waals surface area contributed by atoms with Crippen LogP contribution in [0.2, 0.25) is 5.02 Å². The Morgan fingerprint density at radius 1 is 1.22 bits per heavy atom. The molecule has 1 aromatic rings. The van der Waals surface area contributed by atoms with Crippen LogP contribution in [0.5, 0.6) is 0 Å². The van der Waals surface area contributed by atoms with Crippen molar-refractivity contribution in [1.82, 2.24) is 5.32 Å². The molecule has 1 atom stereocenters. The maximum Gasteiger partial charge on any atom is 0.0464 e. The number of unbranched alkanes of at least 4 members (excludes halogenated alkanes) is 1. The van der Waals surface area contributed by atoms with E-state index >= 15 is 0 Å². The summed E-state index contributed by atoms with van der Waals surface area (Å²) in [6.07, 6.45) is 3.84. The summed E-state index contributed by atoms with van der Waals surface area (Å²) in [4.78, 5) is 0. The fraction of sp³-hybridized carbons (Fsp3) is 0.600. The fourth-order valence-corrected chi connectivity index (χ4v) is 2.80. The average molecular weight is 333 g/mol. The van der Waals surface area contributed by atoms with Crippen LogP contribution in [0.3, 0.4) is 0 Å². The van der Waals surface area contributed by atoms with Crippen LogP contribution in [0.25, 0.3) is 0 Å². The second-order valence-corrected chi connectivity index (χ2v) is 6.55. The third-order valence-electron chi connectivity index (χ3n) is 3.09. The van der Waals surface area contributed by atoms with Crippen molar-refractivity contribution in [3.05, 3.63) is 33.3 Å². The lowest BCUT2D eigenvalue weighted by Crippen LogP contribution is -2.20. The van der Waals surface area contributed by atoms with E-state index in [0.29, 0.717) is 6.04 Å². The van der Waals surface area contributed by atoms with Gasteiger partial charge >= 0.3 is 0 Å². The molecule has 0 heterocycles. The lowest BCUT2D eigenvalue weighted by Gasteiger charge is -2.16. The van der Waals surface area contributed by atoms with E-state index < -0.39 is 0 Å². The molecule has 1 rings (SSSR count). The molecule has 0 bridgehead atoms. The van der Waals surface area contributed by atoms with Gasteiger partial charge in [-0.15, -0.1) is 0 Å². The highest BCUT2D eigenvalue weighted by atomic mass is 79.9. The fourth-order valence-electron chi connectivity index (χ4n) is 1.96. The van der Waals surface area contributed by atoms with E-state index in [1.54, 1.807) is 0 Å². The lowest BCUT2D eigenvalue weighted by molar-refractivity contribution is 0.498. The molecule has 1 unspecified atom stereocenters. The molecular weight excluding hydrogens is 310 g/mol. The quantitative estimate of drug-likeness (QED) is 0.643. The molecule has 0 aliphatic heterocycles. The van der Waals surface area contributed by atoms with E-state index in [0.717, 1.165) is 22.0 Å². The minimum absolute atomic E-state index is 0.310. The van der Waals surface area contributed by atoms with Crippen molar-refractivity contribution in [3.63, 3.8) is 0 Å². The number of hydrogen-bond donors (Lipinski definition) is 1. The van der Waals surface area contributed by atoms with Gasteiger partial charge in [0.05, 0.1) is 0 Å². The summed E-state index contributed by atoms with van der Waals surface area (Å²) in [7, 11) is 0. The number of hydrogen-bond acceptors (Lipinski definition) is 1. The smallest absolute Gasteiger partial charge is 0.0464 e. The van der Waals surface area contributed by atoms with Gasteiger partial charge in [0.25, 0.3) is 0 Å². The molecule has 0 saturated heterocycles. The zero-order valence-corrected chi connectivity index (χ0v) is 13.8. The molecule has 0 amide bonds. The maximum atomic E-state index is 6.24. The number of nitrogens with one attached hydrogen (secondary N) is 1. The third-order valence-corrected chi connectivity index (χ3v) is 3.91. The van der Waals surface area contributed by atoms with Gasteiger partial charge in [-0.2, -0.15) is 0 Å². The van der Waals surface area contributed by atoms with Crippen LogP contribution in [0.15, 0.2) is 22.7 Å². The first-order valence-electron chi connectivity index (χ1n) is 6.69. The summed E-state index contributed by atoms with van der Waals surface area (Å²) in [5.41, 5.74) is 1.17. The van der Waals surface area contributed by atoms with Crippen molar-refractivity contribution in [2.45, 2.75) is 46.1 Å². The molecule has 0 radical (unpaired) electrons. The highest BCUT2D eigenvalue weighted by molar-refractivity contribution is 9.10. The van der Waals surface area contributed by atoms with Crippen molar-refractivity contribution in [2.24, 2.45) is 5.92 Å². The van der Waals surface area contributed by atoms with Gasteiger partial charge in [0.2, 0.25) is 0 Å². The van der Waals surface area contributed by atoms with Gasteiger partial charge in [0, 0.05) is 15.5 Å². The van der Waals surface area contributed by atoms with Crippen molar-refractivity contribution < 1.29 is 0 Å². The second-order valence-electron chi connectivity index (χ2n) is 5.23. The monoisotopic (exact) mass is 331 g/mol. The first-order valence-corrected chi connectivity index (χ1v) is 7.86. The topological polar surface area (TPSA) is 12.0 Å². The average Bonchev–Trinajstić information content (AvgIpc) is 2.27. The first kappa shape index (κ1) is 16.0. The molecule has 1 N–H and O–H groups in total. The van der Waals surface area contributed by atoms with Gasteiger partial charge in [-0.25, -0.2) is 0 Å². The van der Waals surface area contributed by atoms with Crippen LogP contribution in [-0.2, 0) is 0 Å². The van der Waals surface area contributed by atoms with Gasteiger partial charge in [0.1, 0.15) is 0 Å². The largest absolute Gasteiger partial charge is 0.310 e. The Hall–Kier alpha value is -0.0500. The van der Waals surface area contributed by atoms with Gasteiger partial charge in [-0.05, 0) is 43.5 Å². The molecule has 18 heavy (non-hydrogen) atoms. The predicted molar refractivity (Wildman–Crippen MR) is 84.3 cm³/mol. The van der Waals surface area contributed by atoms with Gasteiger partial charge in [-0.1, -0.05) is 60.3 Å². The van der Waals surface area contributed by atoms with E-state index in [2.05, 4.69) is 48.1 Å². The standard InChI is InChI=1S/C15H23BrClN/c1-11(2)6-4-5-9-18-12(3)14-8-7-13(16)10-15(14)17/h7-8,10-12,18H,4-6,9H2,1-3H3. The Morgan fingerprint density at radius 2 is 1.94 bits per heavy atom. The van der Waals surface area contributed by atoms with Gasteiger partial charge < -0.3 is 5.32 Å². The Morgan fingerprint density at radius 3 is 2.56 bits per heavy atom. The van der Waals surface area contributed by atoms with Crippen LogP contribution in [-0.4, -0.2) is 6.54 Å². The highest BCUT2D eigenvalue weighted by Crippen LogP contribution is 2.26. The number of halogens is 2. The lowest BCUT2D eigenvalue weighted by atomic mass is 10.1. The Kier molecular flexibility index (Phi) is 7.28. The van der Waals surface area contributed by atoms with Crippen LogP contribution in [0.4, 0.5) is 0 Å². The summed E-state index contributed by atoms with van der Waals surface area (Å²) >= 11 is 9.66. The molecule has 1 nitrogen and oxygen atoms in total. The number of benzene rings is 1. The summed E-state index contributed by atoms with van der Waals surface area (Å²) in [5.74, 6) is 0.809. The van der Waals surface area contributed by atoms with E-state index in [-0.39, 0.29) is 0 Å². The Balaban J connectivity index is 2.34. The van der Waals surface area contributed by atoms with Crippen molar-refractivity contribution in [1.29, 1.82) is 0 Å². The number of rotatable bonds is 7. The highest BCUT2D eigenvalue weighted by Gasteiger charge is 2.08. The summed E-state index contributed by atoms with van der Waals surface area (Å²) in [6, 6.07) is 6.38. The van der Waals surface area contributed by atoms with Crippen LogP contribution < -0.4 is 5.32 Å². The van der Waals surface area contributed by atoms with Crippen molar-refractivity contribution in [3.8, 4) is 0 Å². The summed E-state index contributed by atoms with van der Waals surface area (Å²) < 4.78 is 1.03. The van der Waals surface area contributed by atoms with Gasteiger partial charge in [-0.3, -0.25) is 0 Å². The second kappa shape index (κ2) is 8.19. The normalized spacial score (nSPS) is 13.0. The molecular formula is C15H23BrClN. The molecule has 0 spiro atoms. The molecule has 0 aliphatic carbocycles. The molecule has 0 aliphatic rings. The Labute approximate surface area is 124 Å². The minimum Gasteiger partial charge on any atom is -0.310 e. The van der Waals surface area contributed by atoms with Gasteiger partial charge in [0.15, 0.2) is 0 Å². The first-order chi connectivity index (χ1) is 8.50. The molecule has 0 fully saturated rings. The van der Waals surface area contributed by atoms with E-state index in [9.17, 15) is 0 Å². The molecule has 0 saturated carbocycles. The van der Waals surface area contributed by atoms with Crippen molar-refractivity contribution >= 4 is 27.5 Å². The maximum absolute atomic E-state index is 6.24. The zero-order chi connectivity index (χ0) is 13.5. The van der Waals surface area contributed by atoms with Crippen LogP contribution >= 0.6 is 27.5 Å². The minimum atomic E-state index is 0.310. The SMILES string of the molecule is CC(C)CCCCNC(C)c1ccc(Br)cc1Cl. The summed E-state index contributed by atoms with van der Waals surface area (Å²) in [5, 5.41) is 4.36. The van der Waals surface area contributed by atoms with E-state index in [1.165, 1.54) is 24.8 Å². The van der Waals surface area contributed by atoms with Crippen molar-refractivity contribution in [2.75, 3.05) is 6.54 Å². The van der Waals surface area contributed by atoms with E-state index in [1.807, 2.05) is 12.1 Å². The molecule has 0 aromatic heterocycles. The third kappa shape index (κ3) is 5.73. The Bertz CT molecular complexity index is 366. The van der Waals surface area contributed by atoms with Crippen LogP contribution in [0.1, 0.15) is 51.6 Å². The zero-order valence-electron chi connectivity index (χ0n) is 11.5. The predicted octanol–water partition coefficient (Wildman–Crippen LogP) is 5.58. The molecule has 1 aromatic carbocycles. The summed E-state index contributed by atoms with van der Waals surface area (Å²) in [6.45, 7) is 7.77. The molecule has 102 valence electrons.